The van der Waals surface area contributed by atoms with Crippen LogP contribution in [0.5, 0.6) is 11.5 Å². The summed E-state index contributed by atoms with van der Waals surface area (Å²) in [7, 11) is 0.823. The molecule has 0 bridgehead atoms. The Hall–Kier alpha value is -2.49. The Labute approximate surface area is 187 Å². The van der Waals surface area contributed by atoms with Crippen LogP contribution in [0.1, 0.15) is 0 Å². The first-order valence-corrected chi connectivity index (χ1v) is 11.5. The monoisotopic (exact) mass is 467 g/mol. The van der Waals surface area contributed by atoms with Gasteiger partial charge in [-0.25, -0.2) is 8.42 Å². The van der Waals surface area contributed by atoms with Gasteiger partial charge in [-0.1, -0.05) is 11.6 Å². The third kappa shape index (κ3) is 5.23. The Morgan fingerprint density at radius 3 is 2.19 bits per heavy atom. The minimum absolute atomic E-state index is 0.00808. The van der Waals surface area contributed by atoms with E-state index in [4.69, 9.17) is 21.1 Å². The summed E-state index contributed by atoms with van der Waals surface area (Å²) in [5.41, 5.74) is 0.349. The van der Waals surface area contributed by atoms with E-state index in [9.17, 15) is 13.2 Å². The summed E-state index contributed by atoms with van der Waals surface area (Å²) in [4.78, 5) is 16.8. The lowest BCUT2D eigenvalue weighted by atomic mass is 10.3. The number of likely N-dealkylation sites (N-methyl/N-ethyl adjacent to an activating group) is 1. The molecule has 31 heavy (non-hydrogen) atoms. The Morgan fingerprint density at radius 1 is 1.00 bits per heavy atom. The van der Waals surface area contributed by atoms with Crippen molar-refractivity contribution in [3.8, 4) is 11.5 Å². The number of hydrogen-bond donors (Lipinski definition) is 0. The highest BCUT2D eigenvalue weighted by Crippen LogP contribution is 2.32. The van der Waals surface area contributed by atoms with Crippen LogP contribution in [0.3, 0.4) is 0 Å². The van der Waals surface area contributed by atoms with E-state index in [0.29, 0.717) is 29.5 Å². The number of methoxy groups -OCH3 is 2. The molecule has 1 saturated heterocycles. The predicted octanol–water partition coefficient (Wildman–Crippen LogP) is 2.33. The minimum atomic E-state index is -4.07. The highest BCUT2D eigenvalue weighted by atomic mass is 35.5. The smallest absolute Gasteiger partial charge is 0.264 e. The number of carbonyl (C=O) groups is 1. The molecule has 0 radical (unpaired) electrons. The van der Waals surface area contributed by atoms with Crippen molar-refractivity contribution < 1.29 is 22.7 Å². The number of nitrogens with zero attached hydrogens (tertiary/aromatic N) is 3. The second kappa shape index (κ2) is 9.76. The molecule has 0 aromatic heterocycles. The van der Waals surface area contributed by atoms with E-state index < -0.39 is 10.0 Å². The van der Waals surface area contributed by atoms with Crippen LogP contribution in [0.4, 0.5) is 5.69 Å². The zero-order valence-electron chi connectivity index (χ0n) is 17.7. The third-order valence-electron chi connectivity index (χ3n) is 5.19. The molecular weight excluding hydrogens is 442 g/mol. The number of hydrogen-bond acceptors (Lipinski definition) is 6. The second-order valence-corrected chi connectivity index (χ2v) is 9.49. The van der Waals surface area contributed by atoms with Crippen molar-refractivity contribution in [1.29, 1.82) is 0 Å². The highest BCUT2D eigenvalue weighted by Gasteiger charge is 2.30. The quantitative estimate of drug-likeness (QED) is 0.621. The molecule has 1 heterocycles. The van der Waals surface area contributed by atoms with E-state index in [2.05, 4.69) is 4.90 Å². The first-order valence-electron chi connectivity index (χ1n) is 9.73. The van der Waals surface area contributed by atoms with Crippen molar-refractivity contribution in [3.63, 3.8) is 0 Å². The van der Waals surface area contributed by atoms with Crippen LogP contribution in [0.25, 0.3) is 0 Å². The van der Waals surface area contributed by atoms with Crippen molar-refractivity contribution in [1.82, 2.24) is 9.80 Å². The largest absolute Gasteiger partial charge is 0.493 e. The van der Waals surface area contributed by atoms with E-state index in [1.165, 1.54) is 32.4 Å². The van der Waals surface area contributed by atoms with Crippen LogP contribution >= 0.6 is 11.6 Å². The standard InChI is InChI=1S/C21H26ClN3O5S/c1-23-10-12-24(13-11-23)21(26)15-25(17-6-4-16(22)5-7-17)31(27,28)18-8-9-19(29-2)20(14-18)30-3/h4-9,14H,10-13,15H2,1-3H3. The molecule has 0 atom stereocenters. The molecule has 1 aliphatic heterocycles. The van der Waals surface area contributed by atoms with Gasteiger partial charge < -0.3 is 19.3 Å². The SMILES string of the molecule is COc1ccc(S(=O)(=O)N(CC(=O)N2CCN(C)CC2)c2ccc(Cl)cc2)cc1OC. The van der Waals surface area contributed by atoms with Crippen LogP contribution in [-0.4, -0.2) is 78.1 Å². The molecule has 10 heteroatoms. The van der Waals surface area contributed by atoms with Gasteiger partial charge in [0.15, 0.2) is 11.5 Å². The average molecular weight is 468 g/mol. The van der Waals surface area contributed by atoms with Gasteiger partial charge >= 0.3 is 0 Å². The Balaban J connectivity index is 1.97. The summed E-state index contributed by atoms with van der Waals surface area (Å²) in [6.07, 6.45) is 0. The number of ether oxygens (including phenoxy) is 2. The van der Waals surface area contributed by atoms with Crippen molar-refractivity contribution in [2.45, 2.75) is 4.90 Å². The lowest BCUT2D eigenvalue weighted by Gasteiger charge is -2.34. The second-order valence-electron chi connectivity index (χ2n) is 7.19. The van der Waals surface area contributed by atoms with Gasteiger partial charge in [-0.2, -0.15) is 0 Å². The highest BCUT2D eigenvalue weighted by molar-refractivity contribution is 7.92. The van der Waals surface area contributed by atoms with E-state index in [1.807, 2.05) is 7.05 Å². The maximum absolute atomic E-state index is 13.6. The molecule has 168 valence electrons. The Morgan fingerprint density at radius 2 is 1.61 bits per heavy atom. The maximum atomic E-state index is 13.6. The predicted molar refractivity (Wildman–Crippen MR) is 120 cm³/mol. The molecule has 3 rings (SSSR count). The molecular formula is C21H26ClN3O5S. The molecule has 0 unspecified atom stereocenters. The Kier molecular flexibility index (Phi) is 7.30. The van der Waals surface area contributed by atoms with Gasteiger partial charge in [-0.15, -0.1) is 0 Å². The number of carbonyl (C=O) groups excluding carboxylic acids is 1. The molecule has 0 N–H and O–H groups in total. The molecule has 2 aromatic carbocycles. The zero-order chi connectivity index (χ0) is 22.6. The number of piperazine rings is 1. The van der Waals surface area contributed by atoms with Crippen LogP contribution in [0, 0.1) is 0 Å². The van der Waals surface area contributed by atoms with Crippen molar-refractivity contribution in [3.05, 3.63) is 47.5 Å². The number of anilines is 1. The number of halogens is 1. The van der Waals surface area contributed by atoms with Gasteiger partial charge in [-0.3, -0.25) is 9.10 Å². The lowest BCUT2D eigenvalue weighted by molar-refractivity contribution is -0.131. The number of sulfonamides is 1. The topological polar surface area (TPSA) is 79.4 Å². The van der Waals surface area contributed by atoms with E-state index in [0.717, 1.165) is 17.4 Å². The summed E-state index contributed by atoms with van der Waals surface area (Å²) >= 11 is 5.98. The Bertz CT molecular complexity index is 1020. The van der Waals surface area contributed by atoms with Crippen molar-refractivity contribution >= 4 is 33.2 Å². The van der Waals surface area contributed by atoms with E-state index in [1.54, 1.807) is 29.2 Å². The van der Waals surface area contributed by atoms with E-state index >= 15 is 0 Å². The normalized spacial score (nSPS) is 14.9. The summed E-state index contributed by atoms with van der Waals surface area (Å²) in [5.74, 6) is 0.435. The van der Waals surface area contributed by atoms with Gasteiger partial charge in [-0.05, 0) is 43.4 Å². The fraction of sp³-hybridized carbons (Fsp3) is 0.381. The number of benzene rings is 2. The van der Waals surface area contributed by atoms with Gasteiger partial charge in [0.05, 0.1) is 24.8 Å². The van der Waals surface area contributed by atoms with Gasteiger partial charge in [0.2, 0.25) is 5.91 Å². The van der Waals surface area contributed by atoms with Crippen molar-refractivity contribution in [2.24, 2.45) is 0 Å². The van der Waals surface area contributed by atoms with Crippen molar-refractivity contribution in [2.75, 3.05) is 58.3 Å². The number of rotatable bonds is 7. The van der Waals surface area contributed by atoms with Crippen LogP contribution in [0.15, 0.2) is 47.4 Å². The molecule has 0 spiro atoms. The van der Waals surface area contributed by atoms with Crippen LogP contribution in [0.2, 0.25) is 5.02 Å². The molecule has 0 aliphatic carbocycles. The lowest BCUT2D eigenvalue weighted by Crippen LogP contribution is -2.50. The average Bonchev–Trinajstić information content (AvgIpc) is 2.77. The van der Waals surface area contributed by atoms with Gasteiger partial charge in [0.25, 0.3) is 10.0 Å². The summed E-state index contributed by atoms with van der Waals surface area (Å²) in [6.45, 7) is 2.28. The minimum Gasteiger partial charge on any atom is -0.493 e. The fourth-order valence-electron chi connectivity index (χ4n) is 3.31. The summed E-state index contributed by atoms with van der Waals surface area (Å²) in [5, 5.41) is 0.470. The summed E-state index contributed by atoms with van der Waals surface area (Å²) in [6, 6.07) is 10.7. The molecule has 8 nitrogen and oxygen atoms in total. The maximum Gasteiger partial charge on any atom is 0.264 e. The first kappa shape index (κ1) is 23.2. The molecule has 1 amide bonds. The first-order chi connectivity index (χ1) is 14.8. The third-order valence-corrected chi connectivity index (χ3v) is 7.21. The fourth-order valence-corrected chi connectivity index (χ4v) is 4.86. The van der Waals surface area contributed by atoms with E-state index in [-0.39, 0.29) is 23.1 Å². The van der Waals surface area contributed by atoms with Crippen LogP contribution in [-0.2, 0) is 14.8 Å². The summed E-state index contributed by atoms with van der Waals surface area (Å²) < 4.78 is 38.7. The van der Waals surface area contributed by atoms with Crippen LogP contribution < -0.4 is 13.8 Å². The van der Waals surface area contributed by atoms with Gasteiger partial charge in [0, 0.05) is 37.3 Å². The molecule has 2 aromatic rings. The number of amides is 1. The molecule has 0 saturated carbocycles. The molecule has 1 aliphatic rings. The van der Waals surface area contributed by atoms with Gasteiger partial charge in [0.1, 0.15) is 6.54 Å². The molecule has 1 fully saturated rings. The zero-order valence-corrected chi connectivity index (χ0v) is 19.3.